The molecule has 1 aliphatic carbocycles. The van der Waals surface area contributed by atoms with Crippen LogP contribution in [0, 0.1) is 23.2 Å². The number of nitriles is 1. The number of anilines is 1. The maximum atomic E-state index is 12.1. The zero-order valence-electron chi connectivity index (χ0n) is 12.2. The average Bonchev–Trinajstić information content (AvgIpc) is 2.73. The minimum atomic E-state index is -0.542. The van der Waals surface area contributed by atoms with Crippen LogP contribution in [0.3, 0.4) is 0 Å². The molecule has 0 radical (unpaired) electrons. The van der Waals surface area contributed by atoms with Crippen LogP contribution in [-0.2, 0) is 17.6 Å². The van der Waals surface area contributed by atoms with E-state index in [1.807, 2.05) is 13.8 Å². The minimum Gasteiger partial charge on any atom is -0.320 e. The fraction of sp³-hybridized carbons (Fsp3) is 0.600. The zero-order valence-corrected chi connectivity index (χ0v) is 13.0. The summed E-state index contributed by atoms with van der Waals surface area (Å²) in [4.78, 5) is 13.3. The Hall–Kier alpha value is -1.38. The molecule has 2 unspecified atom stereocenters. The van der Waals surface area contributed by atoms with Crippen LogP contribution in [0.15, 0.2) is 0 Å². The van der Waals surface area contributed by atoms with Crippen molar-refractivity contribution in [3.63, 3.8) is 0 Å². The Morgan fingerprint density at radius 2 is 2.25 bits per heavy atom. The molecule has 20 heavy (non-hydrogen) atoms. The Bertz CT molecular complexity index is 556. The van der Waals surface area contributed by atoms with Gasteiger partial charge in [0.15, 0.2) is 0 Å². The SMILES string of the molecule is CC1CCc2c(sc(NC(=O)C(N)C(C)C)c2C#N)C1. The number of carbonyl (C=O) groups excluding carboxylic acids is 1. The molecule has 0 spiro atoms. The third kappa shape index (κ3) is 2.87. The molecule has 0 saturated heterocycles. The molecule has 1 heterocycles. The number of nitrogens with two attached hydrogens (primary N) is 1. The van der Waals surface area contributed by atoms with Crippen LogP contribution < -0.4 is 11.1 Å². The highest BCUT2D eigenvalue weighted by molar-refractivity contribution is 7.16. The van der Waals surface area contributed by atoms with Gasteiger partial charge in [0.05, 0.1) is 11.6 Å². The van der Waals surface area contributed by atoms with Crippen molar-refractivity contribution in [3.05, 3.63) is 16.0 Å². The quantitative estimate of drug-likeness (QED) is 0.898. The van der Waals surface area contributed by atoms with E-state index in [-0.39, 0.29) is 11.8 Å². The first kappa shape index (κ1) is 15.0. The molecule has 0 saturated carbocycles. The van der Waals surface area contributed by atoms with Gasteiger partial charge in [0.1, 0.15) is 11.1 Å². The molecule has 1 amide bonds. The maximum absolute atomic E-state index is 12.1. The van der Waals surface area contributed by atoms with E-state index in [0.717, 1.165) is 24.8 Å². The van der Waals surface area contributed by atoms with E-state index >= 15 is 0 Å². The molecule has 0 bridgehead atoms. The second-order valence-electron chi connectivity index (χ2n) is 5.93. The Balaban J connectivity index is 2.25. The van der Waals surface area contributed by atoms with Crippen molar-refractivity contribution >= 4 is 22.2 Å². The summed E-state index contributed by atoms with van der Waals surface area (Å²) in [5.41, 5.74) is 7.62. The second kappa shape index (κ2) is 5.94. The molecule has 2 rings (SSSR count). The Labute approximate surface area is 124 Å². The molecule has 5 heteroatoms. The van der Waals surface area contributed by atoms with Gasteiger partial charge in [-0.05, 0) is 36.7 Å². The number of carbonyl (C=O) groups is 1. The van der Waals surface area contributed by atoms with Gasteiger partial charge in [-0.25, -0.2) is 0 Å². The lowest BCUT2D eigenvalue weighted by atomic mass is 9.88. The van der Waals surface area contributed by atoms with Crippen molar-refractivity contribution in [2.45, 2.75) is 46.1 Å². The van der Waals surface area contributed by atoms with Crippen LogP contribution in [0.1, 0.15) is 43.2 Å². The molecule has 0 aliphatic heterocycles. The number of fused-ring (bicyclic) bond motifs is 1. The van der Waals surface area contributed by atoms with Gasteiger partial charge in [0.25, 0.3) is 0 Å². The van der Waals surface area contributed by atoms with Gasteiger partial charge in [-0.3, -0.25) is 4.79 Å². The summed E-state index contributed by atoms with van der Waals surface area (Å²) in [6.07, 6.45) is 3.04. The van der Waals surface area contributed by atoms with Gasteiger partial charge in [-0.2, -0.15) is 5.26 Å². The molecule has 0 aromatic carbocycles. The van der Waals surface area contributed by atoms with Gasteiger partial charge in [-0.1, -0.05) is 20.8 Å². The zero-order chi connectivity index (χ0) is 14.9. The van der Waals surface area contributed by atoms with Gasteiger partial charge in [-0.15, -0.1) is 11.3 Å². The van der Waals surface area contributed by atoms with Crippen LogP contribution in [0.4, 0.5) is 5.00 Å². The van der Waals surface area contributed by atoms with Crippen LogP contribution in [0.5, 0.6) is 0 Å². The first-order valence-electron chi connectivity index (χ1n) is 7.05. The normalized spacial score (nSPS) is 19.3. The molecule has 108 valence electrons. The maximum Gasteiger partial charge on any atom is 0.242 e. The molecule has 0 fully saturated rings. The molecule has 1 aromatic rings. The third-order valence-corrected chi connectivity index (χ3v) is 5.05. The lowest BCUT2D eigenvalue weighted by molar-refractivity contribution is -0.118. The summed E-state index contributed by atoms with van der Waals surface area (Å²) in [5.74, 6) is 0.521. The van der Waals surface area contributed by atoms with E-state index in [1.165, 1.54) is 16.2 Å². The minimum absolute atomic E-state index is 0.0788. The van der Waals surface area contributed by atoms with Crippen LogP contribution in [-0.4, -0.2) is 11.9 Å². The predicted octanol–water partition coefficient (Wildman–Crippen LogP) is 2.67. The monoisotopic (exact) mass is 291 g/mol. The summed E-state index contributed by atoms with van der Waals surface area (Å²) >= 11 is 1.54. The lowest BCUT2D eigenvalue weighted by Gasteiger charge is -2.17. The van der Waals surface area contributed by atoms with E-state index < -0.39 is 6.04 Å². The van der Waals surface area contributed by atoms with Crippen LogP contribution in [0.25, 0.3) is 0 Å². The Morgan fingerprint density at radius 1 is 1.55 bits per heavy atom. The van der Waals surface area contributed by atoms with Crippen molar-refractivity contribution in [3.8, 4) is 6.07 Å². The van der Waals surface area contributed by atoms with Gasteiger partial charge >= 0.3 is 0 Å². The smallest absolute Gasteiger partial charge is 0.242 e. The van der Waals surface area contributed by atoms with Crippen molar-refractivity contribution in [2.75, 3.05) is 5.32 Å². The van der Waals surface area contributed by atoms with Gasteiger partial charge in [0, 0.05) is 4.88 Å². The Morgan fingerprint density at radius 3 is 2.85 bits per heavy atom. The summed E-state index contributed by atoms with van der Waals surface area (Å²) in [6.45, 7) is 6.05. The summed E-state index contributed by atoms with van der Waals surface area (Å²) in [6, 6.07) is 1.70. The molecule has 4 nitrogen and oxygen atoms in total. The summed E-state index contributed by atoms with van der Waals surface area (Å²) in [7, 11) is 0. The topological polar surface area (TPSA) is 78.9 Å². The highest BCUT2D eigenvalue weighted by Crippen LogP contribution is 2.39. The van der Waals surface area contributed by atoms with Crippen molar-refractivity contribution < 1.29 is 4.79 Å². The van der Waals surface area contributed by atoms with Crippen LogP contribution >= 0.6 is 11.3 Å². The van der Waals surface area contributed by atoms with E-state index in [2.05, 4.69) is 18.3 Å². The highest BCUT2D eigenvalue weighted by Gasteiger charge is 2.26. The first-order valence-corrected chi connectivity index (χ1v) is 7.86. The molecule has 1 aromatic heterocycles. The highest BCUT2D eigenvalue weighted by atomic mass is 32.1. The number of hydrogen-bond acceptors (Lipinski definition) is 4. The summed E-state index contributed by atoms with van der Waals surface area (Å²) in [5, 5.41) is 12.9. The van der Waals surface area contributed by atoms with E-state index in [1.54, 1.807) is 0 Å². The average molecular weight is 291 g/mol. The lowest BCUT2D eigenvalue weighted by Crippen LogP contribution is -2.39. The Kier molecular flexibility index (Phi) is 4.46. The number of thiophene rings is 1. The number of hydrogen-bond donors (Lipinski definition) is 2. The number of nitrogens with zero attached hydrogens (tertiary/aromatic N) is 1. The van der Waals surface area contributed by atoms with E-state index in [4.69, 9.17) is 5.73 Å². The van der Waals surface area contributed by atoms with E-state index in [0.29, 0.717) is 16.5 Å². The van der Waals surface area contributed by atoms with Crippen molar-refractivity contribution in [1.29, 1.82) is 5.26 Å². The molecule has 1 aliphatic rings. The largest absolute Gasteiger partial charge is 0.320 e. The molecule has 3 N–H and O–H groups in total. The second-order valence-corrected chi connectivity index (χ2v) is 7.03. The van der Waals surface area contributed by atoms with Crippen LogP contribution in [0.2, 0.25) is 0 Å². The third-order valence-electron chi connectivity index (χ3n) is 3.88. The first-order chi connectivity index (χ1) is 9.43. The van der Waals surface area contributed by atoms with Crippen molar-refractivity contribution in [1.82, 2.24) is 0 Å². The molecule has 2 atom stereocenters. The van der Waals surface area contributed by atoms with Gasteiger partial charge in [0.2, 0.25) is 5.91 Å². The fourth-order valence-electron chi connectivity index (χ4n) is 2.46. The number of rotatable bonds is 3. The summed E-state index contributed by atoms with van der Waals surface area (Å²) < 4.78 is 0. The van der Waals surface area contributed by atoms with Gasteiger partial charge < -0.3 is 11.1 Å². The standard InChI is InChI=1S/C15H21N3OS/c1-8(2)13(17)14(19)18-15-11(7-16)10-5-4-9(3)6-12(10)20-15/h8-9,13H,4-6,17H2,1-3H3,(H,18,19). The van der Waals surface area contributed by atoms with Crippen molar-refractivity contribution in [2.24, 2.45) is 17.6 Å². The fourth-order valence-corrected chi connectivity index (χ4v) is 3.82. The number of amides is 1. The molecular formula is C15H21N3OS. The predicted molar refractivity (Wildman–Crippen MR) is 81.7 cm³/mol. The molecular weight excluding hydrogens is 270 g/mol. The number of nitrogens with one attached hydrogen (secondary N) is 1. The van der Waals surface area contributed by atoms with E-state index in [9.17, 15) is 10.1 Å².